The fourth-order valence-electron chi connectivity index (χ4n) is 2.47. The Morgan fingerprint density at radius 1 is 1.37 bits per heavy atom. The number of rotatable bonds is 5. The molecule has 4 heteroatoms. The normalized spacial score (nSPS) is 13.2. The van der Waals surface area contributed by atoms with Gasteiger partial charge in [0.15, 0.2) is 0 Å². The van der Waals surface area contributed by atoms with Crippen LogP contribution in [0.2, 0.25) is 0 Å². The van der Waals surface area contributed by atoms with Crippen LogP contribution >= 0.6 is 0 Å². The molecular weight excluding hydrogens is 238 g/mol. The van der Waals surface area contributed by atoms with Gasteiger partial charge in [0.1, 0.15) is 11.6 Å². The van der Waals surface area contributed by atoms with Crippen LogP contribution in [0.5, 0.6) is 5.75 Å². The van der Waals surface area contributed by atoms with E-state index in [1.54, 1.807) is 7.11 Å². The molecule has 1 aromatic carbocycles. The molecule has 0 aliphatic carbocycles. The summed E-state index contributed by atoms with van der Waals surface area (Å²) in [6.45, 7) is 6.46. The number of nitrogens with two attached hydrogens (primary N) is 1. The summed E-state index contributed by atoms with van der Waals surface area (Å²) in [4.78, 5) is 4.72. The Bertz CT molecular complexity index is 560. The van der Waals surface area contributed by atoms with Gasteiger partial charge in [0, 0.05) is 12.1 Å². The largest absolute Gasteiger partial charge is 0.497 e. The fraction of sp³-hybridized carbons (Fsp3) is 0.533. The first kappa shape index (κ1) is 13.9. The van der Waals surface area contributed by atoms with Crippen molar-refractivity contribution >= 4 is 11.0 Å². The zero-order valence-electron chi connectivity index (χ0n) is 12.2. The van der Waals surface area contributed by atoms with Crippen LogP contribution in [-0.2, 0) is 0 Å². The van der Waals surface area contributed by atoms with Crippen molar-refractivity contribution in [1.29, 1.82) is 0 Å². The highest BCUT2D eigenvalue weighted by Crippen LogP contribution is 2.28. The summed E-state index contributed by atoms with van der Waals surface area (Å²) < 4.78 is 7.49. The maximum Gasteiger partial charge on any atom is 0.127 e. The number of benzene rings is 1. The number of aromatic nitrogens is 2. The zero-order valence-corrected chi connectivity index (χ0v) is 12.2. The van der Waals surface area contributed by atoms with E-state index in [1.807, 2.05) is 12.1 Å². The summed E-state index contributed by atoms with van der Waals surface area (Å²) in [5, 5.41) is 0. The van der Waals surface area contributed by atoms with Crippen molar-refractivity contribution in [1.82, 2.24) is 9.55 Å². The van der Waals surface area contributed by atoms with Crippen molar-refractivity contribution in [2.45, 2.75) is 45.7 Å². The number of hydrogen-bond donors (Lipinski definition) is 1. The third kappa shape index (κ3) is 2.59. The van der Waals surface area contributed by atoms with Crippen LogP contribution in [-0.4, -0.2) is 16.7 Å². The van der Waals surface area contributed by atoms with Crippen LogP contribution in [0, 0.1) is 0 Å². The van der Waals surface area contributed by atoms with E-state index in [2.05, 4.69) is 31.4 Å². The van der Waals surface area contributed by atoms with E-state index in [1.165, 1.54) is 0 Å². The van der Waals surface area contributed by atoms with E-state index in [9.17, 15) is 0 Å². The molecule has 104 valence electrons. The number of ether oxygens (including phenoxy) is 1. The standard InChI is InChI=1S/C15H23N3O/c1-5-6-12(16)15-17-13-9-11(19-4)7-8-14(13)18(15)10(2)3/h7-10,12H,5-6,16H2,1-4H3. The summed E-state index contributed by atoms with van der Waals surface area (Å²) in [6.07, 6.45) is 2.01. The summed E-state index contributed by atoms with van der Waals surface area (Å²) in [7, 11) is 1.67. The van der Waals surface area contributed by atoms with Gasteiger partial charge in [0.25, 0.3) is 0 Å². The van der Waals surface area contributed by atoms with Crippen molar-refractivity contribution in [2.75, 3.05) is 7.11 Å². The average Bonchev–Trinajstić information content (AvgIpc) is 2.77. The molecule has 0 saturated carbocycles. The topological polar surface area (TPSA) is 53.1 Å². The lowest BCUT2D eigenvalue weighted by atomic mass is 10.1. The Labute approximate surface area is 114 Å². The summed E-state index contributed by atoms with van der Waals surface area (Å²) >= 11 is 0. The first-order valence-corrected chi connectivity index (χ1v) is 6.90. The van der Waals surface area contributed by atoms with Crippen LogP contribution in [0.15, 0.2) is 18.2 Å². The second-order valence-electron chi connectivity index (χ2n) is 5.18. The van der Waals surface area contributed by atoms with E-state index < -0.39 is 0 Å². The summed E-state index contributed by atoms with van der Waals surface area (Å²) in [6, 6.07) is 6.33. The van der Waals surface area contributed by atoms with Crippen LogP contribution < -0.4 is 10.5 Å². The molecule has 0 spiro atoms. The third-order valence-corrected chi connectivity index (χ3v) is 3.37. The Morgan fingerprint density at radius 3 is 2.68 bits per heavy atom. The molecule has 0 bridgehead atoms. The lowest BCUT2D eigenvalue weighted by molar-refractivity contribution is 0.415. The predicted octanol–water partition coefficient (Wildman–Crippen LogP) is 3.43. The minimum absolute atomic E-state index is 0.00852. The molecule has 2 aromatic rings. The van der Waals surface area contributed by atoms with Gasteiger partial charge in [0.2, 0.25) is 0 Å². The predicted molar refractivity (Wildman–Crippen MR) is 78.5 cm³/mol. The highest BCUT2D eigenvalue weighted by Gasteiger charge is 2.18. The minimum Gasteiger partial charge on any atom is -0.497 e. The summed E-state index contributed by atoms with van der Waals surface area (Å²) in [5.74, 6) is 1.80. The maximum absolute atomic E-state index is 6.26. The van der Waals surface area contributed by atoms with Gasteiger partial charge in [-0.25, -0.2) is 4.98 Å². The highest BCUT2D eigenvalue weighted by molar-refractivity contribution is 5.78. The monoisotopic (exact) mass is 261 g/mol. The van der Waals surface area contributed by atoms with Gasteiger partial charge < -0.3 is 15.0 Å². The van der Waals surface area contributed by atoms with Gasteiger partial charge in [-0.3, -0.25) is 0 Å². The molecule has 0 fully saturated rings. The van der Waals surface area contributed by atoms with Crippen LogP contribution in [0.4, 0.5) is 0 Å². The van der Waals surface area contributed by atoms with Crippen molar-refractivity contribution in [3.63, 3.8) is 0 Å². The molecule has 19 heavy (non-hydrogen) atoms. The second-order valence-corrected chi connectivity index (χ2v) is 5.18. The SMILES string of the molecule is CCCC(N)c1nc2cc(OC)ccc2n1C(C)C. The van der Waals surface area contributed by atoms with E-state index in [0.29, 0.717) is 6.04 Å². The number of methoxy groups -OCH3 is 1. The zero-order chi connectivity index (χ0) is 14.0. The molecule has 1 heterocycles. The molecule has 0 radical (unpaired) electrons. The number of hydrogen-bond acceptors (Lipinski definition) is 3. The van der Waals surface area contributed by atoms with E-state index in [-0.39, 0.29) is 6.04 Å². The van der Waals surface area contributed by atoms with Crippen LogP contribution in [0.3, 0.4) is 0 Å². The molecule has 1 atom stereocenters. The van der Waals surface area contributed by atoms with Gasteiger partial charge in [-0.2, -0.15) is 0 Å². The lowest BCUT2D eigenvalue weighted by Crippen LogP contribution is -2.17. The van der Waals surface area contributed by atoms with Crippen molar-refractivity contribution in [2.24, 2.45) is 5.73 Å². The molecule has 2 rings (SSSR count). The molecule has 0 saturated heterocycles. The van der Waals surface area contributed by atoms with Crippen LogP contribution in [0.1, 0.15) is 51.5 Å². The van der Waals surface area contributed by atoms with E-state index in [0.717, 1.165) is 35.4 Å². The van der Waals surface area contributed by atoms with Gasteiger partial charge >= 0.3 is 0 Å². The molecule has 0 aliphatic heterocycles. The Hall–Kier alpha value is -1.55. The molecular formula is C15H23N3O. The van der Waals surface area contributed by atoms with Crippen molar-refractivity contribution in [3.8, 4) is 5.75 Å². The molecule has 0 amide bonds. The molecule has 1 unspecified atom stereocenters. The van der Waals surface area contributed by atoms with Gasteiger partial charge in [0.05, 0.1) is 24.2 Å². The van der Waals surface area contributed by atoms with Gasteiger partial charge in [-0.15, -0.1) is 0 Å². The molecule has 2 N–H and O–H groups in total. The average molecular weight is 261 g/mol. The minimum atomic E-state index is -0.00852. The molecule has 4 nitrogen and oxygen atoms in total. The molecule has 1 aromatic heterocycles. The van der Waals surface area contributed by atoms with Gasteiger partial charge in [-0.1, -0.05) is 13.3 Å². The van der Waals surface area contributed by atoms with Crippen molar-refractivity contribution in [3.05, 3.63) is 24.0 Å². The first-order chi connectivity index (χ1) is 9.08. The Morgan fingerprint density at radius 2 is 2.11 bits per heavy atom. The lowest BCUT2D eigenvalue weighted by Gasteiger charge is -2.17. The Balaban J connectivity index is 2.58. The van der Waals surface area contributed by atoms with E-state index in [4.69, 9.17) is 15.5 Å². The van der Waals surface area contributed by atoms with E-state index >= 15 is 0 Å². The number of fused-ring (bicyclic) bond motifs is 1. The first-order valence-electron chi connectivity index (χ1n) is 6.90. The number of nitrogens with zero attached hydrogens (tertiary/aromatic N) is 2. The molecule has 0 aliphatic rings. The second kappa shape index (κ2) is 5.61. The Kier molecular flexibility index (Phi) is 4.10. The quantitative estimate of drug-likeness (QED) is 0.897. The van der Waals surface area contributed by atoms with Gasteiger partial charge in [-0.05, 0) is 32.4 Å². The number of imidazole rings is 1. The fourth-order valence-corrected chi connectivity index (χ4v) is 2.47. The van der Waals surface area contributed by atoms with Crippen molar-refractivity contribution < 1.29 is 4.74 Å². The maximum atomic E-state index is 6.26. The highest BCUT2D eigenvalue weighted by atomic mass is 16.5. The third-order valence-electron chi connectivity index (χ3n) is 3.37. The van der Waals surface area contributed by atoms with Crippen LogP contribution in [0.25, 0.3) is 11.0 Å². The summed E-state index contributed by atoms with van der Waals surface area (Å²) in [5.41, 5.74) is 8.34. The smallest absolute Gasteiger partial charge is 0.127 e.